The van der Waals surface area contributed by atoms with Crippen molar-refractivity contribution in [3.8, 4) is 0 Å². The van der Waals surface area contributed by atoms with E-state index in [0.717, 1.165) is 25.7 Å². The standard InChI is InChI=1S/C16H22F3N/c1-15(10-6-3-7-11-15)12-20-14(16(17,18)19)13-8-4-2-5-9-13/h2,4-5,8-9,14,20H,3,6-7,10-12H2,1H3. The van der Waals surface area contributed by atoms with E-state index < -0.39 is 12.2 Å². The number of rotatable bonds is 4. The van der Waals surface area contributed by atoms with Crippen LogP contribution in [0.15, 0.2) is 30.3 Å². The van der Waals surface area contributed by atoms with Crippen LogP contribution < -0.4 is 5.32 Å². The van der Waals surface area contributed by atoms with Gasteiger partial charge in [0.05, 0.1) is 0 Å². The smallest absolute Gasteiger partial charge is 0.302 e. The summed E-state index contributed by atoms with van der Waals surface area (Å²) in [6.07, 6.45) is 1.22. The van der Waals surface area contributed by atoms with Crippen molar-refractivity contribution in [2.75, 3.05) is 6.54 Å². The maximum Gasteiger partial charge on any atom is 0.407 e. The highest BCUT2D eigenvalue weighted by molar-refractivity contribution is 5.20. The van der Waals surface area contributed by atoms with Crippen LogP contribution in [0.25, 0.3) is 0 Å². The van der Waals surface area contributed by atoms with Gasteiger partial charge in [0.25, 0.3) is 0 Å². The molecule has 1 atom stereocenters. The Balaban J connectivity index is 2.06. The molecule has 0 heterocycles. The zero-order chi connectivity index (χ0) is 14.6. The van der Waals surface area contributed by atoms with Gasteiger partial charge in [-0.3, -0.25) is 0 Å². The molecule has 0 aromatic heterocycles. The molecule has 1 nitrogen and oxygen atoms in total. The van der Waals surface area contributed by atoms with Gasteiger partial charge in [0.1, 0.15) is 6.04 Å². The quantitative estimate of drug-likeness (QED) is 0.834. The van der Waals surface area contributed by atoms with Crippen molar-refractivity contribution in [1.82, 2.24) is 5.32 Å². The second-order valence-electron chi connectivity index (χ2n) is 6.14. The van der Waals surface area contributed by atoms with E-state index in [9.17, 15) is 13.2 Å². The van der Waals surface area contributed by atoms with E-state index in [4.69, 9.17) is 0 Å². The Labute approximate surface area is 118 Å². The van der Waals surface area contributed by atoms with E-state index in [0.29, 0.717) is 12.1 Å². The molecular formula is C16H22F3N. The van der Waals surface area contributed by atoms with E-state index in [2.05, 4.69) is 12.2 Å². The van der Waals surface area contributed by atoms with E-state index in [-0.39, 0.29) is 5.41 Å². The summed E-state index contributed by atoms with van der Waals surface area (Å²) >= 11 is 0. The van der Waals surface area contributed by atoms with E-state index in [1.807, 2.05) is 0 Å². The minimum atomic E-state index is -4.26. The molecule has 112 valence electrons. The molecule has 0 aliphatic heterocycles. The highest BCUT2D eigenvalue weighted by Crippen LogP contribution is 2.38. The summed E-state index contributed by atoms with van der Waals surface area (Å²) in [5.74, 6) is 0. The second kappa shape index (κ2) is 6.17. The zero-order valence-corrected chi connectivity index (χ0v) is 11.8. The third-order valence-corrected chi connectivity index (χ3v) is 4.25. The van der Waals surface area contributed by atoms with Gasteiger partial charge in [-0.2, -0.15) is 13.2 Å². The highest BCUT2D eigenvalue weighted by atomic mass is 19.4. The fourth-order valence-electron chi connectivity index (χ4n) is 3.00. The Bertz CT molecular complexity index is 407. The minimum Gasteiger partial charge on any atom is -0.302 e. The molecule has 1 aliphatic carbocycles. The number of hydrogen-bond acceptors (Lipinski definition) is 1. The molecule has 0 radical (unpaired) electrons. The Morgan fingerprint density at radius 1 is 1.10 bits per heavy atom. The number of benzene rings is 1. The number of nitrogens with one attached hydrogen (secondary N) is 1. The first-order valence-corrected chi connectivity index (χ1v) is 7.26. The molecule has 1 N–H and O–H groups in total. The lowest BCUT2D eigenvalue weighted by molar-refractivity contribution is -0.159. The summed E-state index contributed by atoms with van der Waals surface area (Å²) in [7, 11) is 0. The van der Waals surface area contributed by atoms with Crippen LogP contribution in [0.1, 0.15) is 50.6 Å². The SMILES string of the molecule is CC1(CNC(c2ccccc2)C(F)(F)F)CCCCC1. The van der Waals surface area contributed by atoms with Crippen LogP contribution in [-0.4, -0.2) is 12.7 Å². The average molecular weight is 285 g/mol. The molecule has 2 rings (SSSR count). The molecule has 1 fully saturated rings. The summed E-state index contributed by atoms with van der Waals surface area (Å²) < 4.78 is 39.7. The van der Waals surface area contributed by atoms with Crippen molar-refractivity contribution in [2.45, 2.75) is 51.2 Å². The Morgan fingerprint density at radius 2 is 1.70 bits per heavy atom. The molecule has 0 amide bonds. The minimum absolute atomic E-state index is 0.00344. The highest BCUT2D eigenvalue weighted by Gasteiger charge is 2.41. The lowest BCUT2D eigenvalue weighted by atomic mass is 9.75. The predicted molar refractivity (Wildman–Crippen MR) is 74.4 cm³/mol. The molecule has 0 spiro atoms. The van der Waals surface area contributed by atoms with Crippen LogP contribution in [0.2, 0.25) is 0 Å². The second-order valence-corrected chi connectivity index (χ2v) is 6.14. The molecule has 1 aromatic carbocycles. The summed E-state index contributed by atoms with van der Waals surface area (Å²) in [5, 5.41) is 2.76. The van der Waals surface area contributed by atoms with Gasteiger partial charge in [0, 0.05) is 6.54 Å². The number of halogens is 3. The van der Waals surface area contributed by atoms with E-state index in [1.54, 1.807) is 18.2 Å². The maximum absolute atomic E-state index is 13.2. The van der Waals surface area contributed by atoms with E-state index in [1.165, 1.54) is 18.6 Å². The monoisotopic (exact) mass is 285 g/mol. The molecular weight excluding hydrogens is 263 g/mol. The lowest BCUT2D eigenvalue weighted by Gasteiger charge is -2.35. The Morgan fingerprint density at radius 3 is 2.25 bits per heavy atom. The van der Waals surface area contributed by atoms with Crippen LogP contribution in [0.5, 0.6) is 0 Å². The van der Waals surface area contributed by atoms with Crippen molar-refractivity contribution >= 4 is 0 Å². The van der Waals surface area contributed by atoms with Crippen molar-refractivity contribution in [3.05, 3.63) is 35.9 Å². The average Bonchev–Trinajstić information content (AvgIpc) is 2.39. The van der Waals surface area contributed by atoms with Gasteiger partial charge >= 0.3 is 6.18 Å². The zero-order valence-electron chi connectivity index (χ0n) is 11.8. The maximum atomic E-state index is 13.2. The Kier molecular flexibility index (Phi) is 4.74. The van der Waals surface area contributed by atoms with Crippen molar-refractivity contribution in [3.63, 3.8) is 0 Å². The van der Waals surface area contributed by atoms with Crippen molar-refractivity contribution in [2.24, 2.45) is 5.41 Å². The molecule has 0 saturated heterocycles. The van der Waals surface area contributed by atoms with Gasteiger partial charge in [-0.05, 0) is 23.8 Å². The van der Waals surface area contributed by atoms with Gasteiger partial charge in [-0.25, -0.2) is 0 Å². The normalized spacial score (nSPS) is 20.6. The van der Waals surface area contributed by atoms with Crippen LogP contribution in [0, 0.1) is 5.41 Å². The van der Waals surface area contributed by atoms with Gasteiger partial charge in [0.15, 0.2) is 0 Å². The molecule has 20 heavy (non-hydrogen) atoms. The first kappa shape index (κ1) is 15.4. The van der Waals surface area contributed by atoms with E-state index >= 15 is 0 Å². The third kappa shape index (κ3) is 3.98. The lowest BCUT2D eigenvalue weighted by Crippen LogP contribution is -2.41. The summed E-state index contributed by atoms with van der Waals surface area (Å²) in [6.45, 7) is 2.52. The predicted octanol–water partition coefficient (Wildman–Crippen LogP) is 4.85. The van der Waals surface area contributed by atoms with Gasteiger partial charge in [0.2, 0.25) is 0 Å². The molecule has 4 heteroatoms. The van der Waals surface area contributed by atoms with Crippen molar-refractivity contribution in [1.29, 1.82) is 0 Å². The molecule has 1 aromatic rings. The fraction of sp³-hybridized carbons (Fsp3) is 0.625. The topological polar surface area (TPSA) is 12.0 Å². The van der Waals surface area contributed by atoms with Gasteiger partial charge in [-0.15, -0.1) is 0 Å². The molecule has 0 bridgehead atoms. The van der Waals surface area contributed by atoms with Crippen LogP contribution in [0.3, 0.4) is 0 Å². The van der Waals surface area contributed by atoms with Crippen molar-refractivity contribution < 1.29 is 13.2 Å². The van der Waals surface area contributed by atoms with Gasteiger partial charge in [-0.1, -0.05) is 56.5 Å². The van der Waals surface area contributed by atoms with Crippen LogP contribution in [0.4, 0.5) is 13.2 Å². The molecule has 1 unspecified atom stereocenters. The molecule has 1 saturated carbocycles. The third-order valence-electron chi connectivity index (χ3n) is 4.25. The van der Waals surface area contributed by atoms with Crippen LogP contribution >= 0.6 is 0 Å². The number of hydrogen-bond donors (Lipinski definition) is 1. The number of alkyl halides is 3. The molecule has 1 aliphatic rings. The largest absolute Gasteiger partial charge is 0.407 e. The summed E-state index contributed by atoms with van der Waals surface area (Å²) in [5.41, 5.74) is 0.288. The summed E-state index contributed by atoms with van der Waals surface area (Å²) in [4.78, 5) is 0. The Hall–Kier alpha value is -1.03. The summed E-state index contributed by atoms with van der Waals surface area (Å²) in [6, 6.07) is 6.54. The fourth-order valence-corrected chi connectivity index (χ4v) is 3.00. The van der Waals surface area contributed by atoms with Gasteiger partial charge < -0.3 is 5.32 Å². The van der Waals surface area contributed by atoms with Crippen LogP contribution in [-0.2, 0) is 0 Å². The first-order valence-electron chi connectivity index (χ1n) is 7.26. The first-order chi connectivity index (χ1) is 9.41.